The molecule has 1 N–H and O–H groups in total. The van der Waals surface area contributed by atoms with Gasteiger partial charge in [0.25, 0.3) is 10.0 Å². The number of nitrogens with zero attached hydrogens (tertiary/aromatic N) is 1. The van der Waals surface area contributed by atoms with E-state index >= 15 is 0 Å². The van der Waals surface area contributed by atoms with E-state index in [0.29, 0.717) is 12.8 Å². The smallest absolute Gasteiger partial charge is 0.350 e. The molecule has 0 radical (unpaired) electrons. The molecule has 1 aliphatic rings. The van der Waals surface area contributed by atoms with Gasteiger partial charge >= 0.3 is 5.76 Å². The average molecular weight is 243 g/mol. The number of halogens is 2. The molecule has 4 nitrogen and oxygen atoms in total. The summed E-state index contributed by atoms with van der Waals surface area (Å²) < 4.78 is 47.8. The molecule has 1 fully saturated rings. The van der Waals surface area contributed by atoms with Crippen LogP contribution in [0.2, 0.25) is 0 Å². The molecular formula is C8H15F2NO3S. The Balaban J connectivity index is 2.77. The van der Waals surface area contributed by atoms with Crippen LogP contribution in [0, 0.1) is 0 Å². The topological polar surface area (TPSA) is 57.6 Å². The van der Waals surface area contributed by atoms with E-state index in [1.807, 2.05) is 0 Å². The summed E-state index contributed by atoms with van der Waals surface area (Å²) in [5.41, 5.74) is 0. The molecule has 2 unspecified atom stereocenters. The van der Waals surface area contributed by atoms with E-state index in [1.165, 1.54) is 6.92 Å². The minimum Gasteiger partial charge on any atom is -0.393 e. The van der Waals surface area contributed by atoms with E-state index in [2.05, 4.69) is 0 Å². The maximum absolute atomic E-state index is 12.3. The van der Waals surface area contributed by atoms with Crippen molar-refractivity contribution in [3.05, 3.63) is 0 Å². The lowest BCUT2D eigenvalue weighted by Crippen LogP contribution is -2.40. The van der Waals surface area contributed by atoms with Crippen molar-refractivity contribution in [1.82, 2.24) is 4.31 Å². The second kappa shape index (κ2) is 4.71. The van der Waals surface area contributed by atoms with Crippen molar-refractivity contribution >= 4 is 10.0 Å². The molecule has 0 aromatic carbocycles. The van der Waals surface area contributed by atoms with Gasteiger partial charge in [-0.1, -0.05) is 0 Å². The third kappa shape index (κ3) is 2.85. The third-order valence-electron chi connectivity index (χ3n) is 2.49. The fourth-order valence-electron chi connectivity index (χ4n) is 1.88. The molecule has 1 rings (SSSR count). The van der Waals surface area contributed by atoms with Crippen LogP contribution in [-0.4, -0.2) is 42.3 Å². The molecule has 0 aromatic rings. The summed E-state index contributed by atoms with van der Waals surface area (Å²) in [4.78, 5) is 0. The van der Waals surface area contributed by atoms with Gasteiger partial charge in [-0.3, -0.25) is 0 Å². The summed E-state index contributed by atoms with van der Waals surface area (Å²) in [6.07, 6.45) is 0.648. The van der Waals surface area contributed by atoms with Gasteiger partial charge in [-0.05, 0) is 26.2 Å². The van der Waals surface area contributed by atoms with Crippen LogP contribution in [-0.2, 0) is 10.0 Å². The van der Waals surface area contributed by atoms with Gasteiger partial charge in [0.05, 0.1) is 6.10 Å². The van der Waals surface area contributed by atoms with E-state index in [4.69, 9.17) is 5.11 Å². The van der Waals surface area contributed by atoms with Crippen LogP contribution >= 0.6 is 0 Å². The molecular weight excluding hydrogens is 228 g/mol. The lowest BCUT2D eigenvalue weighted by atomic mass is 10.1. The SMILES string of the molecule is CC(O)CC1CCCN1S(=O)(=O)C(F)F. The minimum atomic E-state index is -4.48. The normalized spacial score (nSPS) is 26.1. The molecule has 0 spiro atoms. The number of hydrogen-bond acceptors (Lipinski definition) is 3. The van der Waals surface area contributed by atoms with Crippen molar-refractivity contribution in [3.8, 4) is 0 Å². The first-order valence-electron chi connectivity index (χ1n) is 4.82. The van der Waals surface area contributed by atoms with Crippen LogP contribution in [0.4, 0.5) is 8.78 Å². The second-order valence-electron chi connectivity index (χ2n) is 3.80. The Hall–Kier alpha value is -0.270. The number of aliphatic hydroxyl groups is 1. The van der Waals surface area contributed by atoms with Crippen molar-refractivity contribution in [2.75, 3.05) is 6.54 Å². The summed E-state index contributed by atoms with van der Waals surface area (Å²) in [5.74, 6) is -3.37. The fraction of sp³-hybridized carbons (Fsp3) is 1.00. The van der Waals surface area contributed by atoms with Gasteiger partial charge in [-0.15, -0.1) is 0 Å². The predicted molar refractivity (Wildman–Crippen MR) is 50.9 cm³/mol. The zero-order valence-electron chi connectivity index (χ0n) is 8.44. The molecule has 90 valence electrons. The Morgan fingerprint density at radius 2 is 2.13 bits per heavy atom. The van der Waals surface area contributed by atoms with Crippen LogP contribution in [0.1, 0.15) is 26.2 Å². The number of rotatable bonds is 4. The largest absolute Gasteiger partial charge is 0.393 e. The summed E-state index contributed by atoms with van der Waals surface area (Å²) in [6.45, 7) is 1.65. The molecule has 15 heavy (non-hydrogen) atoms. The van der Waals surface area contributed by atoms with E-state index < -0.39 is 27.9 Å². The highest BCUT2D eigenvalue weighted by molar-refractivity contribution is 7.89. The summed E-state index contributed by atoms with van der Waals surface area (Å²) in [5, 5.41) is 9.13. The standard InChI is InChI=1S/C8H15F2NO3S/c1-6(12)5-7-3-2-4-11(7)15(13,14)8(9)10/h6-8,12H,2-5H2,1H3. The maximum atomic E-state index is 12.3. The number of hydrogen-bond donors (Lipinski definition) is 1. The average Bonchev–Trinajstić information content (AvgIpc) is 2.51. The highest BCUT2D eigenvalue weighted by Crippen LogP contribution is 2.27. The molecule has 1 aliphatic heterocycles. The van der Waals surface area contributed by atoms with Crippen LogP contribution in [0.25, 0.3) is 0 Å². The molecule has 0 amide bonds. The molecule has 2 atom stereocenters. The lowest BCUT2D eigenvalue weighted by Gasteiger charge is -2.24. The highest BCUT2D eigenvalue weighted by Gasteiger charge is 2.39. The Labute approximate surface area is 87.9 Å². The monoisotopic (exact) mass is 243 g/mol. The minimum absolute atomic E-state index is 0.129. The third-order valence-corrected chi connectivity index (χ3v) is 4.07. The molecule has 1 saturated heterocycles. The first-order valence-corrected chi connectivity index (χ1v) is 6.33. The maximum Gasteiger partial charge on any atom is 0.350 e. The lowest BCUT2D eigenvalue weighted by molar-refractivity contribution is 0.153. The summed E-state index contributed by atoms with van der Waals surface area (Å²) in [6, 6.07) is -0.482. The van der Waals surface area contributed by atoms with Gasteiger partial charge < -0.3 is 5.11 Å². The van der Waals surface area contributed by atoms with Crippen LogP contribution < -0.4 is 0 Å². The highest BCUT2D eigenvalue weighted by atomic mass is 32.2. The van der Waals surface area contributed by atoms with E-state index in [0.717, 1.165) is 4.31 Å². The number of alkyl halides is 2. The van der Waals surface area contributed by atoms with Crippen molar-refractivity contribution in [1.29, 1.82) is 0 Å². The Morgan fingerprint density at radius 3 is 2.60 bits per heavy atom. The molecule has 0 aromatic heterocycles. The van der Waals surface area contributed by atoms with Crippen molar-refractivity contribution in [2.45, 2.75) is 44.1 Å². The first-order chi connectivity index (χ1) is 6.85. The van der Waals surface area contributed by atoms with Gasteiger partial charge in [-0.2, -0.15) is 13.1 Å². The van der Waals surface area contributed by atoms with Crippen LogP contribution in [0.3, 0.4) is 0 Å². The molecule has 0 aliphatic carbocycles. The molecule has 1 heterocycles. The second-order valence-corrected chi connectivity index (χ2v) is 5.65. The van der Waals surface area contributed by atoms with Crippen molar-refractivity contribution < 1.29 is 22.3 Å². The van der Waals surface area contributed by atoms with Crippen molar-refractivity contribution in [3.63, 3.8) is 0 Å². The van der Waals surface area contributed by atoms with Gasteiger partial charge in [0.1, 0.15) is 0 Å². The quantitative estimate of drug-likeness (QED) is 0.793. The zero-order chi connectivity index (χ0) is 11.6. The van der Waals surface area contributed by atoms with Gasteiger partial charge in [-0.25, -0.2) is 8.42 Å². The molecule has 0 bridgehead atoms. The predicted octanol–water partition coefficient (Wildman–Crippen LogP) is 0.774. The summed E-state index contributed by atoms with van der Waals surface area (Å²) in [7, 11) is -4.48. The zero-order valence-corrected chi connectivity index (χ0v) is 9.25. The van der Waals surface area contributed by atoms with E-state index in [-0.39, 0.29) is 13.0 Å². The first kappa shape index (κ1) is 12.8. The Kier molecular flexibility index (Phi) is 4.02. The van der Waals surface area contributed by atoms with Crippen molar-refractivity contribution in [2.24, 2.45) is 0 Å². The molecule has 7 heteroatoms. The van der Waals surface area contributed by atoms with Gasteiger partial charge in [0, 0.05) is 12.6 Å². The molecule has 0 saturated carbocycles. The van der Waals surface area contributed by atoms with E-state index in [1.54, 1.807) is 0 Å². The Bertz CT molecular complexity index is 305. The summed E-state index contributed by atoms with van der Waals surface area (Å²) >= 11 is 0. The fourth-order valence-corrected chi connectivity index (χ4v) is 3.07. The van der Waals surface area contributed by atoms with Gasteiger partial charge in [0.15, 0.2) is 0 Å². The van der Waals surface area contributed by atoms with Crippen LogP contribution in [0.5, 0.6) is 0 Å². The number of sulfonamides is 1. The van der Waals surface area contributed by atoms with E-state index in [9.17, 15) is 17.2 Å². The van der Waals surface area contributed by atoms with Gasteiger partial charge in [0.2, 0.25) is 0 Å². The van der Waals surface area contributed by atoms with Crippen LogP contribution in [0.15, 0.2) is 0 Å². The Morgan fingerprint density at radius 1 is 1.53 bits per heavy atom. The number of aliphatic hydroxyl groups excluding tert-OH is 1.